The number of aromatic amines is 1. The van der Waals surface area contributed by atoms with Crippen molar-refractivity contribution in [2.75, 3.05) is 5.32 Å². The number of hydrogen-bond acceptors (Lipinski definition) is 6. The number of carbonyl (C=O) groups excluding carboxylic acids is 1. The number of carbonyl (C=O) groups is 2. The molecule has 9 nitrogen and oxygen atoms in total. The SMILES string of the molecule is CC(OC(=O)Nc1cnoc1-c1ccc(-c2ccc(C3(C(=O)O)CC3)cc2)c(=O)[nH]1)c1ccccc1. The number of aromatic nitrogens is 2. The van der Waals surface area contributed by atoms with Crippen LogP contribution in [0.3, 0.4) is 0 Å². The normalized spacial score (nSPS) is 14.6. The summed E-state index contributed by atoms with van der Waals surface area (Å²) in [6.45, 7) is 1.76. The third-order valence-electron chi connectivity index (χ3n) is 6.42. The Balaban J connectivity index is 1.32. The Hall–Kier alpha value is -4.66. The maximum absolute atomic E-state index is 12.9. The van der Waals surface area contributed by atoms with E-state index in [-0.39, 0.29) is 17.0 Å². The molecule has 3 N–H and O–H groups in total. The quantitative estimate of drug-likeness (QED) is 0.331. The summed E-state index contributed by atoms with van der Waals surface area (Å²) < 4.78 is 10.7. The summed E-state index contributed by atoms with van der Waals surface area (Å²) >= 11 is 0. The average Bonchev–Trinajstić information content (AvgIpc) is 3.58. The van der Waals surface area contributed by atoms with Gasteiger partial charge in [-0.05, 0) is 48.6 Å². The maximum atomic E-state index is 12.9. The first-order valence-electron chi connectivity index (χ1n) is 11.4. The van der Waals surface area contributed by atoms with Gasteiger partial charge in [-0.15, -0.1) is 0 Å². The van der Waals surface area contributed by atoms with Gasteiger partial charge in [-0.25, -0.2) is 4.79 Å². The van der Waals surface area contributed by atoms with E-state index in [0.29, 0.717) is 29.7 Å². The molecule has 1 fully saturated rings. The van der Waals surface area contributed by atoms with Crippen molar-refractivity contribution in [2.24, 2.45) is 0 Å². The highest BCUT2D eigenvalue weighted by Gasteiger charge is 2.51. The molecule has 1 aliphatic rings. The Bertz CT molecular complexity index is 1470. The van der Waals surface area contributed by atoms with Gasteiger partial charge in [0.05, 0.1) is 17.3 Å². The van der Waals surface area contributed by atoms with Crippen LogP contribution in [0.4, 0.5) is 10.5 Å². The maximum Gasteiger partial charge on any atom is 0.412 e. The fraction of sp³-hybridized carbons (Fsp3) is 0.185. The number of H-pyrrole nitrogens is 1. The molecule has 4 aromatic rings. The number of benzene rings is 2. The van der Waals surface area contributed by atoms with Crippen LogP contribution >= 0.6 is 0 Å². The predicted octanol–water partition coefficient (Wildman–Crippen LogP) is 5.12. The van der Waals surface area contributed by atoms with Crippen molar-refractivity contribution >= 4 is 17.7 Å². The summed E-state index contributed by atoms with van der Waals surface area (Å²) in [5.41, 5.74) is 2.05. The first kappa shape index (κ1) is 23.1. The molecule has 0 saturated heterocycles. The van der Waals surface area contributed by atoms with Crippen LogP contribution in [0.2, 0.25) is 0 Å². The van der Waals surface area contributed by atoms with E-state index in [2.05, 4.69) is 15.5 Å². The highest BCUT2D eigenvalue weighted by Crippen LogP contribution is 2.48. The zero-order chi connectivity index (χ0) is 25.3. The molecule has 2 heterocycles. The number of carboxylic acid groups (broad SMARTS) is 1. The van der Waals surface area contributed by atoms with Crippen molar-refractivity contribution in [1.82, 2.24) is 10.1 Å². The second-order valence-corrected chi connectivity index (χ2v) is 8.73. The topological polar surface area (TPSA) is 135 Å². The van der Waals surface area contributed by atoms with Gasteiger partial charge in [0.25, 0.3) is 5.56 Å². The van der Waals surface area contributed by atoms with Crippen LogP contribution in [0.15, 0.2) is 82.2 Å². The van der Waals surface area contributed by atoms with Crippen molar-refractivity contribution < 1.29 is 24.0 Å². The molecule has 0 aliphatic heterocycles. The molecule has 1 atom stereocenters. The number of amides is 1. The summed E-state index contributed by atoms with van der Waals surface area (Å²) in [7, 11) is 0. The van der Waals surface area contributed by atoms with E-state index < -0.39 is 23.6 Å². The zero-order valence-electron chi connectivity index (χ0n) is 19.4. The number of nitrogens with zero attached hydrogens (tertiary/aromatic N) is 1. The van der Waals surface area contributed by atoms with Crippen LogP contribution in [-0.4, -0.2) is 27.3 Å². The third-order valence-corrected chi connectivity index (χ3v) is 6.42. The smallest absolute Gasteiger partial charge is 0.412 e. The molecule has 1 amide bonds. The molecule has 0 spiro atoms. The molecule has 9 heteroatoms. The van der Waals surface area contributed by atoms with Crippen LogP contribution in [0.5, 0.6) is 0 Å². The predicted molar refractivity (Wildman–Crippen MR) is 132 cm³/mol. The Kier molecular flexibility index (Phi) is 5.89. The minimum Gasteiger partial charge on any atom is -0.481 e. The van der Waals surface area contributed by atoms with Gasteiger partial charge in [0.1, 0.15) is 11.8 Å². The van der Waals surface area contributed by atoms with Crippen molar-refractivity contribution in [3.63, 3.8) is 0 Å². The molecular weight excluding hydrogens is 462 g/mol. The van der Waals surface area contributed by atoms with Gasteiger partial charge in [0.15, 0.2) is 0 Å². The van der Waals surface area contributed by atoms with E-state index >= 15 is 0 Å². The van der Waals surface area contributed by atoms with Crippen molar-refractivity contribution in [3.05, 3.63) is 94.4 Å². The highest BCUT2D eigenvalue weighted by molar-refractivity contribution is 5.89. The third kappa shape index (κ3) is 4.38. The zero-order valence-corrected chi connectivity index (χ0v) is 19.4. The Morgan fingerprint density at radius 1 is 1.08 bits per heavy atom. The molecule has 5 rings (SSSR count). The van der Waals surface area contributed by atoms with Crippen LogP contribution in [0, 0.1) is 0 Å². The fourth-order valence-electron chi connectivity index (χ4n) is 4.17. The number of carboxylic acids is 1. The molecule has 1 unspecified atom stereocenters. The van der Waals surface area contributed by atoms with Crippen LogP contribution in [0.25, 0.3) is 22.6 Å². The number of hydrogen-bond donors (Lipinski definition) is 3. The number of pyridine rings is 1. The van der Waals surface area contributed by atoms with E-state index in [4.69, 9.17) is 9.26 Å². The first-order valence-corrected chi connectivity index (χ1v) is 11.4. The molecule has 1 saturated carbocycles. The van der Waals surface area contributed by atoms with E-state index in [0.717, 1.165) is 11.1 Å². The van der Waals surface area contributed by atoms with E-state index in [1.165, 1.54) is 6.20 Å². The van der Waals surface area contributed by atoms with Gasteiger partial charge >= 0.3 is 12.1 Å². The summed E-state index contributed by atoms with van der Waals surface area (Å²) in [4.78, 5) is 39.6. The molecular formula is C27H23N3O6. The minimum absolute atomic E-state index is 0.176. The molecule has 1 aliphatic carbocycles. The fourth-order valence-corrected chi connectivity index (χ4v) is 4.17. The van der Waals surface area contributed by atoms with E-state index in [9.17, 15) is 19.5 Å². The second kappa shape index (κ2) is 9.18. The van der Waals surface area contributed by atoms with Crippen molar-refractivity contribution in [1.29, 1.82) is 0 Å². The minimum atomic E-state index is -0.827. The van der Waals surface area contributed by atoms with E-state index in [1.54, 1.807) is 43.3 Å². The number of rotatable bonds is 7. The number of anilines is 1. The van der Waals surface area contributed by atoms with Crippen molar-refractivity contribution in [2.45, 2.75) is 31.3 Å². The Labute approximate surface area is 205 Å². The molecule has 182 valence electrons. The van der Waals surface area contributed by atoms with Gasteiger partial charge in [-0.3, -0.25) is 14.9 Å². The average molecular weight is 485 g/mol. The number of aliphatic carboxylic acids is 1. The molecule has 2 aromatic heterocycles. The summed E-state index contributed by atoms with van der Waals surface area (Å²) in [6.07, 6.45) is 1.40. The molecule has 2 aromatic carbocycles. The van der Waals surface area contributed by atoms with Gasteiger partial charge in [-0.2, -0.15) is 0 Å². The lowest BCUT2D eigenvalue weighted by atomic mass is 9.94. The summed E-state index contributed by atoms with van der Waals surface area (Å²) in [5, 5.41) is 15.8. The number of ether oxygens (including phenoxy) is 1. The largest absolute Gasteiger partial charge is 0.481 e. The summed E-state index contributed by atoms with van der Waals surface area (Å²) in [5.74, 6) is -0.650. The second-order valence-electron chi connectivity index (χ2n) is 8.73. The lowest BCUT2D eigenvalue weighted by molar-refractivity contribution is -0.140. The van der Waals surface area contributed by atoms with Crippen molar-refractivity contribution in [3.8, 4) is 22.6 Å². The lowest BCUT2D eigenvalue weighted by Crippen LogP contribution is -2.19. The lowest BCUT2D eigenvalue weighted by Gasteiger charge is -2.14. The van der Waals surface area contributed by atoms with Crippen LogP contribution in [0.1, 0.15) is 37.0 Å². The highest BCUT2D eigenvalue weighted by atomic mass is 16.6. The molecule has 0 radical (unpaired) electrons. The molecule has 36 heavy (non-hydrogen) atoms. The van der Waals surface area contributed by atoms with Crippen LogP contribution < -0.4 is 10.9 Å². The Morgan fingerprint density at radius 2 is 1.81 bits per heavy atom. The van der Waals surface area contributed by atoms with Crippen LogP contribution in [-0.2, 0) is 14.9 Å². The van der Waals surface area contributed by atoms with Gasteiger partial charge in [-0.1, -0.05) is 59.8 Å². The monoisotopic (exact) mass is 485 g/mol. The van der Waals surface area contributed by atoms with Gasteiger partial charge in [0.2, 0.25) is 5.76 Å². The standard InChI is InChI=1S/C27H23N3O6/c1-16(17-5-3-2-4-6-17)35-26(34)30-22-15-28-36-23(22)21-12-11-20(24(31)29-21)18-7-9-19(10-8-18)27(13-14-27)25(32)33/h2-12,15-16H,13-14H2,1H3,(H,29,31)(H,30,34)(H,32,33). The van der Waals surface area contributed by atoms with E-state index in [1.807, 2.05) is 30.3 Å². The summed E-state index contributed by atoms with van der Waals surface area (Å²) in [6, 6.07) is 19.6. The first-order chi connectivity index (χ1) is 17.4. The van der Waals surface area contributed by atoms with Gasteiger partial charge in [0, 0.05) is 5.56 Å². The van der Waals surface area contributed by atoms with Gasteiger partial charge < -0.3 is 19.4 Å². The number of nitrogens with one attached hydrogen (secondary N) is 2. The molecule has 0 bridgehead atoms. The Morgan fingerprint density at radius 3 is 2.44 bits per heavy atom.